The van der Waals surface area contributed by atoms with Crippen molar-refractivity contribution in [1.82, 2.24) is 19.2 Å². The Kier molecular flexibility index (Phi) is 10.1. The van der Waals surface area contributed by atoms with Gasteiger partial charge in [0.15, 0.2) is 0 Å². The fourth-order valence-corrected chi connectivity index (χ4v) is 3.48. The molecule has 0 amide bonds. The first kappa shape index (κ1) is 19.8. The fraction of sp³-hybridized carbons (Fsp3) is 1.00. The molecule has 0 atom stereocenters. The van der Waals surface area contributed by atoms with E-state index in [9.17, 15) is 8.42 Å². The Morgan fingerprint density at radius 3 is 2.27 bits per heavy atom. The molecule has 1 aliphatic heterocycles. The minimum atomic E-state index is -3.48. The summed E-state index contributed by atoms with van der Waals surface area (Å²) in [4.78, 5) is 2.35. The van der Waals surface area contributed by atoms with Crippen LogP contribution in [0.15, 0.2) is 0 Å². The highest BCUT2D eigenvalue weighted by atomic mass is 32.2. The number of hydrogen-bond donors (Lipinski definition) is 2. The second-order valence-corrected chi connectivity index (χ2v) is 6.98. The standard InChI is InChI=1S/C13H30N4O4S/c1-20-12-10-17(11-13-21-2)22(18,19)15-4-3-7-16-8-5-14-6-9-16/h14-15H,3-13H2,1-2H3. The maximum Gasteiger partial charge on any atom is 0.279 e. The van der Waals surface area contributed by atoms with E-state index in [2.05, 4.69) is 14.9 Å². The number of nitrogens with one attached hydrogen (secondary N) is 2. The summed E-state index contributed by atoms with van der Waals surface area (Å²) in [5, 5.41) is 3.30. The Labute approximate surface area is 134 Å². The highest BCUT2D eigenvalue weighted by Gasteiger charge is 2.20. The van der Waals surface area contributed by atoms with E-state index >= 15 is 0 Å². The molecule has 0 aromatic rings. The van der Waals surface area contributed by atoms with Gasteiger partial charge in [-0.15, -0.1) is 0 Å². The van der Waals surface area contributed by atoms with Gasteiger partial charge in [0.2, 0.25) is 0 Å². The second-order valence-electron chi connectivity index (χ2n) is 5.23. The van der Waals surface area contributed by atoms with E-state index in [-0.39, 0.29) is 0 Å². The van der Waals surface area contributed by atoms with Crippen LogP contribution in [0.1, 0.15) is 6.42 Å². The van der Waals surface area contributed by atoms with E-state index in [1.807, 2.05) is 0 Å². The van der Waals surface area contributed by atoms with Gasteiger partial charge in [0, 0.05) is 60.0 Å². The van der Waals surface area contributed by atoms with Crippen LogP contribution in [0.4, 0.5) is 0 Å². The van der Waals surface area contributed by atoms with Crippen molar-refractivity contribution in [2.75, 3.05) is 79.8 Å². The predicted molar refractivity (Wildman–Crippen MR) is 86.2 cm³/mol. The molecule has 0 unspecified atom stereocenters. The molecule has 1 aliphatic rings. The average molecular weight is 338 g/mol. The molecule has 8 nitrogen and oxygen atoms in total. The van der Waals surface area contributed by atoms with Crippen LogP contribution in [-0.2, 0) is 19.7 Å². The molecule has 9 heteroatoms. The predicted octanol–water partition coefficient (Wildman–Crippen LogP) is -1.29. The van der Waals surface area contributed by atoms with Gasteiger partial charge in [0.1, 0.15) is 0 Å². The zero-order valence-electron chi connectivity index (χ0n) is 13.7. The van der Waals surface area contributed by atoms with Crippen molar-refractivity contribution in [2.45, 2.75) is 6.42 Å². The minimum absolute atomic E-state index is 0.326. The molecular weight excluding hydrogens is 308 g/mol. The van der Waals surface area contributed by atoms with Gasteiger partial charge in [0.25, 0.3) is 10.2 Å². The number of ether oxygens (including phenoxy) is 2. The molecule has 1 fully saturated rings. The number of piperazine rings is 1. The molecule has 0 radical (unpaired) electrons. The number of rotatable bonds is 12. The summed E-state index contributed by atoms with van der Waals surface area (Å²) in [6.45, 7) is 6.82. The number of methoxy groups -OCH3 is 2. The van der Waals surface area contributed by atoms with Crippen molar-refractivity contribution in [3.8, 4) is 0 Å². The topological polar surface area (TPSA) is 83.1 Å². The van der Waals surface area contributed by atoms with Crippen LogP contribution in [0.2, 0.25) is 0 Å². The molecule has 0 aliphatic carbocycles. The number of nitrogens with zero attached hydrogens (tertiary/aromatic N) is 2. The molecular formula is C13H30N4O4S. The van der Waals surface area contributed by atoms with E-state index in [1.54, 1.807) is 14.2 Å². The Balaban J connectivity index is 2.31. The first-order valence-corrected chi connectivity index (χ1v) is 9.20. The van der Waals surface area contributed by atoms with E-state index in [1.165, 1.54) is 4.31 Å². The third-order valence-electron chi connectivity index (χ3n) is 3.57. The van der Waals surface area contributed by atoms with Gasteiger partial charge in [-0.05, 0) is 13.0 Å². The second kappa shape index (κ2) is 11.3. The maximum atomic E-state index is 12.3. The molecule has 1 rings (SSSR count). The Bertz CT molecular complexity index is 366. The number of hydrogen-bond acceptors (Lipinski definition) is 6. The lowest BCUT2D eigenvalue weighted by Crippen LogP contribution is -2.46. The lowest BCUT2D eigenvalue weighted by Gasteiger charge is -2.27. The SMILES string of the molecule is COCCN(CCOC)S(=O)(=O)NCCCN1CCNCC1. The van der Waals surface area contributed by atoms with Gasteiger partial charge in [-0.2, -0.15) is 12.7 Å². The third-order valence-corrected chi connectivity index (χ3v) is 5.19. The van der Waals surface area contributed by atoms with Crippen LogP contribution in [-0.4, -0.2) is 97.4 Å². The summed E-state index contributed by atoms with van der Waals surface area (Å²) < 4.78 is 38.5. The van der Waals surface area contributed by atoms with Crippen molar-refractivity contribution in [3.63, 3.8) is 0 Å². The molecule has 1 heterocycles. The quantitative estimate of drug-likeness (QED) is 0.431. The monoisotopic (exact) mass is 338 g/mol. The minimum Gasteiger partial charge on any atom is -0.383 e. The summed E-state index contributed by atoms with van der Waals surface area (Å²) in [6.07, 6.45) is 0.807. The lowest BCUT2D eigenvalue weighted by molar-refractivity contribution is 0.149. The van der Waals surface area contributed by atoms with Gasteiger partial charge in [0.05, 0.1) is 13.2 Å². The van der Waals surface area contributed by atoms with Crippen molar-refractivity contribution in [2.24, 2.45) is 0 Å². The van der Waals surface area contributed by atoms with Crippen LogP contribution < -0.4 is 10.0 Å². The van der Waals surface area contributed by atoms with Gasteiger partial charge >= 0.3 is 0 Å². The molecule has 0 aromatic heterocycles. The van der Waals surface area contributed by atoms with Gasteiger partial charge in [-0.1, -0.05) is 0 Å². The summed E-state index contributed by atoms with van der Waals surface area (Å²) in [6, 6.07) is 0. The van der Waals surface area contributed by atoms with Crippen molar-refractivity contribution >= 4 is 10.2 Å². The first-order chi connectivity index (χ1) is 10.6. The maximum absolute atomic E-state index is 12.3. The first-order valence-electron chi connectivity index (χ1n) is 7.76. The van der Waals surface area contributed by atoms with Crippen LogP contribution in [0.3, 0.4) is 0 Å². The lowest BCUT2D eigenvalue weighted by atomic mass is 10.3. The third kappa shape index (κ3) is 7.82. The Morgan fingerprint density at radius 1 is 1.14 bits per heavy atom. The van der Waals surface area contributed by atoms with Crippen LogP contribution in [0.25, 0.3) is 0 Å². The molecule has 0 spiro atoms. The highest BCUT2D eigenvalue weighted by molar-refractivity contribution is 7.87. The van der Waals surface area contributed by atoms with Gasteiger partial charge < -0.3 is 19.7 Å². The van der Waals surface area contributed by atoms with E-state index < -0.39 is 10.2 Å². The largest absolute Gasteiger partial charge is 0.383 e. The molecule has 132 valence electrons. The van der Waals surface area contributed by atoms with E-state index in [0.29, 0.717) is 32.8 Å². The molecule has 2 N–H and O–H groups in total. The zero-order chi connectivity index (χ0) is 16.3. The summed E-state index contributed by atoms with van der Waals surface area (Å²) in [5.74, 6) is 0. The summed E-state index contributed by atoms with van der Waals surface area (Å²) in [5.41, 5.74) is 0. The van der Waals surface area contributed by atoms with Crippen LogP contribution >= 0.6 is 0 Å². The smallest absolute Gasteiger partial charge is 0.279 e. The molecule has 0 saturated carbocycles. The molecule has 0 aromatic carbocycles. The van der Waals surface area contributed by atoms with Gasteiger partial charge in [-0.3, -0.25) is 0 Å². The summed E-state index contributed by atoms with van der Waals surface area (Å²) >= 11 is 0. The Morgan fingerprint density at radius 2 is 1.73 bits per heavy atom. The Hall–Kier alpha value is -0.290. The van der Waals surface area contributed by atoms with Crippen LogP contribution in [0, 0.1) is 0 Å². The van der Waals surface area contributed by atoms with E-state index in [4.69, 9.17) is 9.47 Å². The molecule has 1 saturated heterocycles. The highest BCUT2D eigenvalue weighted by Crippen LogP contribution is 1.99. The zero-order valence-corrected chi connectivity index (χ0v) is 14.5. The normalized spacial score (nSPS) is 17.2. The van der Waals surface area contributed by atoms with E-state index in [0.717, 1.165) is 39.1 Å². The van der Waals surface area contributed by atoms with Gasteiger partial charge in [-0.25, -0.2) is 4.72 Å². The molecule has 22 heavy (non-hydrogen) atoms. The van der Waals surface area contributed by atoms with Crippen molar-refractivity contribution < 1.29 is 17.9 Å². The van der Waals surface area contributed by atoms with Crippen LogP contribution in [0.5, 0.6) is 0 Å². The average Bonchev–Trinajstić information content (AvgIpc) is 2.52. The summed E-state index contributed by atoms with van der Waals surface area (Å²) in [7, 11) is -0.362. The fourth-order valence-electron chi connectivity index (χ4n) is 2.27. The van der Waals surface area contributed by atoms with Crippen molar-refractivity contribution in [1.29, 1.82) is 0 Å². The van der Waals surface area contributed by atoms with Crippen molar-refractivity contribution in [3.05, 3.63) is 0 Å². The molecule has 0 bridgehead atoms.